The Bertz CT molecular complexity index is 467. The molecular formula is C15H23N3O3. The molecule has 0 radical (unpaired) electrons. The van der Waals surface area contributed by atoms with Crippen molar-refractivity contribution in [2.45, 2.75) is 19.4 Å². The molecule has 21 heavy (non-hydrogen) atoms. The third kappa shape index (κ3) is 4.99. The van der Waals surface area contributed by atoms with Crippen molar-refractivity contribution in [1.29, 1.82) is 0 Å². The average Bonchev–Trinajstić information content (AvgIpc) is 2.48. The Labute approximate surface area is 125 Å². The standard InChI is InChI=1S/C15H23N3O3/c1-21-15-13(5-2-6-17-15)11-18-7-3-4-12(10-18)8-16-9-14(19)20/h2,5-6,12,16H,3-4,7-11H2,1H3,(H,19,20). The summed E-state index contributed by atoms with van der Waals surface area (Å²) in [5, 5.41) is 11.7. The fourth-order valence-corrected chi connectivity index (χ4v) is 2.81. The molecule has 1 aromatic heterocycles. The Hall–Kier alpha value is -1.66. The highest BCUT2D eigenvalue weighted by atomic mass is 16.5. The first kappa shape index (κ1) is 15.7. The lowest BCUT2D eigenvalue weighted by Gasteiger charge is -2.33. The fourth-order valence-electron chi connectivity index (χ4n) is 2.81. The van der Waals surface area contributed by atoms with Gasteiger partial charge in [-0.1, -0.05) is 6.07 Å². The number of aliphatic carboxylic acids is 1. The maximum absolute atomic E-state index is 10.5. The maximum atomic E-state index is 10.5. The average molecular weight is 293 g/mol. The second-order valence-electron chi connectivity index (χ2n) is 5.44. The zero-order valence-corrected chi connectivity index (χ0v) is 12.4. The fraction of sp³-hybridized carbons (Fsp3) is 0.600. The van der Waals surface area contributed by atoms with Crippen LogP contribution in [0.1, 0.15) is 18.4 Å². The lowest BCUT2D eigenvalue weighted by molar-refractivity contribution is -0.136. The molecular weight excluding hydrogens is 270 g/mol. The van der Waals surface area contributed by atoms with E-state index in [0.717, 1.165) is 44.6 Å². The van der Waals surface area contributed by atoms with Crippen molar-refractivity contribution in [3.8, 4) is 5.88 Å². The van der Waals surface area contributed by atoms with E-state index in [1.54, 1.807) is 13.3 Å². The van der Waals surface area contributed by atoms with Gasteiger partial charge in [0.25, 0.3) is 0 Å². The van der Waals surface area contributed by atoms with Crippen LogP contribution in [-0.4, -0.2) is 54.2 Å². The number of pyridine rings is 1. The number of aromatic nitrogens is 1. The number of hydrogen-bond donors (Lipinski definition) is 2. The van der Waals surface area contributed by atoms with Crippen LogP contribution in [0.2, 0.25) is 0 Å². The van der Waals surface area contributed by atoms with E-state index in [1.165, 1.54) is 0 Å². The van der Waals surface area contributed by atoms with Crippen LogP contribution in [0.4, 0.5) is 0 Å². The van der Waals surface area contributed by atoms with Crippen LogP contribution in [0, 0.1) is 5.92 Å². The van der Waals surface area contributed by atoms with Gasteiger partial charge in [-0.05, 0) is 37.9 Å². The van der Waals surface area contributed by atoms with Crippen LogP contribution in [-0.2, 0) is 11.3 Å². The van der Waals surface area contributed by atoms with Gasteiger partial charge in [-0.3, -0.25) is 9.69 Å². The molecule has 2 rings (SSSR count). The number of ether oxygens (including phenoxy) is 1. The molecule has 2 heterocycles. The molecule has 0 aliphatic carbocycles. The quantitative estimate of drug-likeness (QED) is 0.780. The van der Waals surface area contributed by atoms with Gasteiger partial charge >= 0.3 is 5.97 Å². The highest BCUT2D eigenvalue weighted by Crippen LogP contribution is 2.21. The first-order chi connectivity index (χ1) is 10.2. The van der Waals surface area contributed by atoms with E-state index in [9.17, 15) is 4.79 Å². The Morgan fingerprint density at radius 2 is 2.48 bits per heavy atom. The molecule has 1 saturated heterocycles. The number of methoxy groups -OCH3 is 1. The number of carbonyl (C=O) groups is 1. The molecule has 1 atom stereocenters. The monoisotopic (exact) mass is 293 g/mol. The zero-order chi connectivity index (χ0) is 15.1. The third-order valence-electron chi connectivity index (χ3n) is 3.75. The van der Waals surface area contributed by atoms with Gasteiger partial charge < -0.3 is 15.2 Å². The van der Waals surface area contributed by atoms with Gasteiger partial charge in [-0.25, -0.2) is 4.98 Å². The van der Waals surface area contributed by atoms with E-state index in [1.807, 2.05) is 12.1 Å². The van der Waals surface area contributed by atoms with E-state index in [-0.39, 0.29) is 6.54 Å². The Morgan fingerprint density at radius 1 is 1.62 bits per heavy atom. The summed E-state index contributed by atoms with van der Waals surface area (Å²) in [4.78, 5) is 17.1. The van der Waals surface area contributed by atoms with Gasteiger partial charge in [0.1, 0.15) is 0 Å². The largest absolute Gasteiger partial charge is 0.481 e. The Balaban J connectivity index is 1.84. The number of carboxylic acids is 1. The number of nitrogens with one attached hydrogen (secondary N) is 1. The van der Waals surface area contributed by atoms with E-state index >= 15 is 0 Å². The predicted molar refractivity (Wildman–Crippen MR) is 79.3 cm³/mol. The molecule has 0 spiro atoms. The van der Waals surface area contributed by atoms with Gasteiger partial charge in [0.05, 0.1) is 13.7 Å². The first-order valence-electron chi connectivity index (χ1n) is 7.31. The highest BCUT2D eigenvalue weighted by molar-refractivity contribution is 5.68. The van der Waals surface area contributed by atoms with Gasteiger partial charge in [0.15, 0.2) is 0 Å². The number of hydrogen-bond acceptors (Lipinski definition) is 5. The van der Waals surface area contributed by atoms with Crippen molar-refractivity contribution < 1.29 is 14.6 Å². The molecule has 1 aliphatic rings. The van der Waals surface area contributed by atoms with E-state index in [4.69, 9.17) is 9.84 Å². The van der Waals surface area contributed by atoms with E-state index in [2.05, 4.69) is 15.2 Å². The summed E-state index contributed by atoms with van der Waals surface area (Å²) >= 11 is 0. The summed E-state index contributed by atoms with van der Waals surface area (Å²) in [7, 11) is 1.64. The maximum Gasteiger partial charge on any atom is 0.317 e. The van der Waals surface area contributed by atoms with Crippen molar-refractivity contribution in [2.75, 3.05) is 33.3 Å². The van der Waals surface area contributed by atoms with Crippen molar-refractivity contribution in [2.24, 2.45) is 5.92 Å². The smallest absolute Gasteiger partial charge is 0.317 e. The normalized spacial score (nSPS) is 19.4. The molecule has 116 valence electrons. The van der Waals surface area contributed by atoms with Crippen LogP contribution in [0.15, 0.2) is 18.3 Å². The molecule has 6 heteroatoms. The van der Waals surface area contributed by atoms with Gasteiger partial charge in [0.2, 0.25) is 5.88 Å². The van der Waals surface area contributed by atoms with E-state index in [0.29, 0.717) is 11.8 Å². The minimum Gasteiger partial charge on any atom is -0.481 e. The number of piperidine rings is 1. The summed E-state index contributed by atoms with van der Waals surface area (Å²) in [5.74, 6) is 0.382. The minimum atomic E-state index is -0.803. The first-order valence-corrected chi connectivity index (χ1v) is 7.31. The second kappa shape index (κ2) is 7.95. The van der Waals surface area contributed by atoms with Crippen molar-refractivity contribution >= 4 is 5.97 Å². The van der Waals surface area contributed by atoms with Crippen molar-refractivity contribution in [3.63, 3.8) is 0 Å². The third-order valence-corrected chi connectivity index (χ3v) is 3.75. The van der Waals surface area contributed by atoms with Crippen LogP contribution in [0.3, 0.4) is 0 Å². The molecule has 0 saturated carbocycles. The van der Waals surface area contributed by atoms with Crippen LogP contribution in [0.25, 0.3) is 0 Å². The summed E-state index contributed by atoms with van der Waals surface area (Å²) in [6, 6.07) is 3.96. The summed E-state index contributed by atoms with van der Waals surface area (Å²) < 4.78 is 5.29. The molecule has 1 unspecified atom stereocenters. The number of nitrogens with zero attached hydrogens (tertiary/aromatic N) is 2. The SMILES string of the molecule is COc1ncccc1CN1CCCC(CNCC(=O)O)C1. The lowest BCUT2D eigenvalue weighted by atomic mass is 9.97. The molecule has 0 amide bonds. The highest BCUT2D eigenvalue weighted by Gasteiger charge is 2.21. The van der Waals surface area contributed by atoms with Crippen LogP contribution < -0.4 is 10.1 Å². The number of likely N-dealkylation sites (tertiary alicyclic amines) is 1. The van der Waals surface area contributed by atoms with Gasteiger partial charge in [-0.2, -0.15) is 0 Å². The summed E-state index contributed by atoms with van der Waals surface area (Å²) in [5.41, 5.74) is 1.10. The molecule has 1 aliphatic heterocycles. The molecule has 2 N–H and O–H groups in total. The topological polar surface area (TPSA) is 74.7 Å². The second-order valence-corrected chi connectivity index (χ2v) is 5.44. The summed E-state index contributed by atoms with van der Waals surface area (Å²) in [6.07, 6.45) is 4.02. The van der Waals surface area contributed by atoms with Gasteiger partial charge in [-0.15, -0.1) is 0 Å². The molecule has 6 nitrogen and oxygen atoms in total. The summed E-state index contributed by atoms with van der Waals surface area (Å²) in [6.45, 7) is 3.66. The minimum absolute atomic E-state index is 0.0347. The van der Waals surface area contributed by atoms with Crippen LogP contribution >= 0.6 is 0 Å². The zero-order valence-electron chi connectivity index (χ0n) is 12.4. The Kier molecular flexibility index (Phi) is 5.95. The molecule has 0 aromatic carbocycles. The lowest BCUT2D eigenvalue weighted by Crippen LogP contribution is -2.40. The van der Waals surface area contributed by atoms with Crippen molar-refractivity contribution in [1.82, 2.24) is 15.2 Å². The van der Waals surface area contributed by atoms with Crippen LogP contribution in [0.5, 0.6) is 5.88 Å². The van der Waals surface area contributed by atoms with Gasteiger partial charge in [0, 0.05) is 24.8 Å². The van der Waals surface area contributed by atoms with Crippen molar-refractivity contribution in [3.05, 3.63) is 23.9 Å². The molecule has 1 aromatic rings. The molecule has 1 fully saturated rings. The number of rotatable bonds is 7. The Morgan fingerprint density at radius 3 is 3.24 bits per heavy atom. The molecule has 0 bridgehead atoms. The number of carboxylic acid groups (broad SMARTS) is 1. The predicted octanol–water partition coefficient (Wildman–Crippen LogP) is 0.976. The van der Waals surface area contributed by atoms with E-state index < -0.39 is 5.97 Å².